The molecule has 0 radical (unpaired) electrons. The zero-order chi connectivity index (χ0) is 19.2. The Bertz CT molecular complexity index is 985. The minimum absolute atomic E-state index is 0.273. The predicted molar refractivity (Wildman–Crippen MR) is 110 cm³/mol. The van der Waals surface area contributed by atoms with E-state index in [9.17, 15) is 4.79 Å². The summed E-state index contributed by atoms with van der Waals surface area (Å²) >= 11 is 7.53. The monoisotopic (exact) mass is 400 g/mol. The van der Waals surface area contributed by atoms with Crippen molar-refractivity contribution in [2.75, 3.05) is 19.5 Å². The zero-order valence-corrected chi connectivity index (χ0v) is 16.3. The molecule has 0 aliphatic rings. The molecule has 5 nitrogen and oxygen atoms in total. The first-order chi connectivity index (χ1) is 13.1. The van der Waals surface area contributed by atoms with Gasteiger partial charge in [-0.05, 0) is 29.8 Å². The van der Waals surface area contributed by atoms with E-state index >= 15 is 0 Å². The fourth-order valence-corrected chi connectivity index (χ4v) is 3.35. The summed E-state index contributed by atoms with van der Waals surface area (Å²) in [5.74, 6) is 0.961. The Hall–Kier alpha value is -2.83. The van der Waals surface area contributed by atoms with Crippen LogP contribution in [0.2, 0.25) is 5.02 Å². The van der Waals surface area contributed by atoms with Gasteiger partial charge in [0.05, 0.1) is 19.9 Å². The van der Waals surface area contributed by atoms with Crippen LogP contribution < -0.4 is 14.8 Å². The first-order valence-corrected chi connectivity index (χ1v) is 9.28. The van der Waals surface area contributed by atoms with E-state index in [0.717, 1.165) is 16.8 Å². The molecule has 0 fully saturated rings. The van der Waals surface area contributed by atoms with E-state index in [-0.39, 0.29) is 5.91 Å². The van der Waals surface area contributed by atoms with Crippen LogP contribution in [0.25, 0.3) is 17.3 Å². The predicted octanol–water partition coefficient (Wildman–Crippen LogP) is 5.13. The van der Waals surface area contributed by atoms with Gasteiger partial charge in [-0.15, -0.1) is 11.3 Å². The number of anilines is 1. The number of thiazole rings is 1. The maximum Gasteiger partial charge on any atom is 0.250 e. The van der Waals surface area contributed by atoms with Crippen molar-refractivity contribution in [3.8, 4) is 22.8 Å². The lowest BCUT2D eigenvalue weighted by molar-refractivity contribution is -0.111. The lowest BCUT2D eigenvalue weighted by atomic mass is 10.2. The molecule has 0 saturated carbocycles. The van der Waals surface area contributed by atoms with E-state index in [1.54, 1.807) is 38.5 Å². The zero-order valence-electron chi connectivity index (χ0n) is 14.7. The van der Waals surface area contributed by atoms with Crippen molar-refractivity contribution in [1.29, 1.82) is 0 Å². The van der Waals surface area contributed by atoms with Crippen molar-refractivity contribution in [3.63, 3.8) is 0 Å². The summed E-state index contributed by atoms with van der Waals surface area (Å²) in [7, 11) is 3.14. The van der Waals surface area contributed by atoms with Crippen LogP contribution in [0, 0.1) is 0 Å². The summed E-state index contributed by atoms with van der Waals surface area (Å²) in [5.41, 5.74) is 2.38. The Morgan fingerprint density at radius 3 is 2.67 bits per heavy atom. The molecule has 0 spiro atoms. The molecule has 3 aromatic rings. The molecule has 1 aromatic heterocycles. The third-order valence-corrected chi connectivity index (χ3v) is 4.81. The Balaban J connectivity index is 1.68. The molecule has 1 amide bonds. The summed E-state index contributed by atoms with van der Waals surface area (Å²) in [6, 6.07) is 12.9. The van der Waals surface area contributed by atoms with Crippen LogP contribution in [-0.2, 0) is 4.79 Å². The summed E-state index contributed by atoms with van der Waals surface area (Å²) in [4.78, 5) is 16.6. The number of methoxy groups -OCH3 is 2. The Kier molecular flexibility index (Phi) is 6.11. The van der Waals surface area contributed by atoms with Gasteiger partial charge in [0.25, 0.3) is 0 Å². The molecule has 0 atom stereocenters. The number of benzene rings is 2. The molecule has 2 aromatic carbocycles. The second kappa shape index (κ2) is 8.70. The Morgan fingerprint density at radius 2 is 1.93 bits per heavy atom. The number of rotatable bonds is 6. The van der Waals surface area contributed by atoms with Crippen molar-refractivity contribution in [3.05, 3.63) is 64.5 Å². The second-order valence-corrected chi connectivity index (χ2v) is 6.72. The highest BCUT2D eigenvalue weighted by Crippen LogP contribution is 2.30. The minimum atomic E-state index is -0.273. The first kappa shape index (κ1) is 18.9. The van der Waals surface area contributed by atoms with Gasteiger partial charge in [0.15, 0.2) is 16.6 Å². The van der Waals surface area contributed by atoms with E-state index in [0.29, 0.717) is 21.7 Å². The van der Waals surface area contributed by atoms with Crippen LogP contribution in [0.15, 0.2) is 53.9 Å². The SMILES string of the molecule is COc1ccc(C=CC(=O)Nc2nc(-c3ccccc3Cl)cs2)cc1OC. The molecule has 138 valence electrons. The number of carbonyl (C=O) groups excluding carboxylic acids is 1. The quantitative estimate of drug-likeness (QED) is 0.582. The van der Waals surface area contributed by atoms with E-state index in [1.165, 1.54) is 17.4 Å². The first-order valence-electron chi connectivity index (χ1n) is 8.02. The minimum Gasteiger partial charge on any atom is -0.493 e. The highest BCUT2D eigenvalue weighted by molar-refractivity contribution is 7.14. The smallest absolute Gasteiger partial charge is 0.250 e. The molecular formula is C20H17ClN2O3S. The average Bonchev–Trinajstić information content (AvgIpc) is 3.14. The van der Waals surface area contributed by atoms with Crippen molar-refractivity contribution in [2.24, 2.45) is 0 Å². The van der Waals surface area contributed by atoms with Gasteiger partial charge in [-0.25, -0.2) is 4.98 Å². The molecule has 0 unspecified atom stereocenters. The highest BCUT2D eigenvalue weighted by Gasteiger charge is 2.09. The summed E-state index contributed by atoms with van der Waals surface area (Å²) < 4.78 is 10.5. The van der Waals surface area contributed by atoms with E-state index < -0.39 is 0 Å². The van der Waals surface area contributed by atoms with Crippen LogP contribution in [0.1, 0.15) is 5.56 Å². The Morgan fingerprint density at radius 1 is 1.15 bits per heavy atom. The summed E-state index contributed by atoms with van der Waals surface area (Å²) in [6.07, 6.45) is 3.14. The van der Waals surface area contributed by atoms with Crippen LogP contribution in [-0.4, -0.2) is 25.1 Å². The van der Waals surface area contributed by atoms with Crippen molar-refractivity contribution >= 4 is 40.1 Å². The van der Waals surface area contributed by atoms with E-state index in [2.05, 4.69) is 10.3 Å². The number of halogens is 1. The number of hydrogen-bond donors (Lipinski definition) is 1. The van der Waals surface area contributed by atoms with Gasteiger partial charge in [0.1, 0.15) is 0 Å². The topological polar surface area (TPSA) is 60.5 Å². The van der Waals surface area contributed by atoms with Gasteiger partial charge in [-0.2, -0.15) is 0 Å². The molecule has 0 aliphatic carbocycles. The molecule has 27 heavy (non-hydrogen) atoms. The summed E-state index contributed by atoms with van der Waals surface area (Å²) in [5, 5.41) is 5.74. The van der Waals surface area contributed by atoms with Crippen LogP contribution in [0.4, 0.5) is 5.13 Å². The number of hydrogen-bond acceptors (Lipinski definition) is 5. The molecule has 1 heterocycles. The third kappa shape index (κ3) is 4.67. The number of nitrogens with zero attached hydrogens (tertiary/aromatic N) is 1. The number of carbonyl (C=O) groups is 1. The molecule has 7 heteroatoms. The average molecular weight is 401 g/mol. The van der Waals surface area contributed by atoms with Gasteiger partial charge in [-0.3, -0.25) is 10.1 Å². The standard InChI is InChI=1S/C20H17ClN2O3S/c1-25-17-9-7-13(11-18(17)26-2)8-10-19(24)23-20-22-16(12-27-20)14-5-3-4-6-15(14)21/h3-12H,1-2H3,(H,22,23,24). The van der Waals surface area contributed by atoms with Crippen molar-refractivity contribution in [1.82, 2.24) is 4.98 Å². The molecule has 3 rings (SSSR count). The number of ether oxygens (including phenoxy) is 2. The van der Waals surface area contributed by atoms with E-state index in [1.807, 2.05) is 29.6 Å². The van der Waals surface area contributed by atoms with Gasteiger partial charge >= 0.3 is 0 Å². The molecule has 0 bridgehead atoms. The van der Waals surface area contributed by atoms with Gasteiger partial charge in [-0.1, -0.05) is 35.9 Å². The van der Waals surface area contributed by atoms with Crippen LogP contribution >= 0.6 is 22.9 Å². The van der Waals surface area contributed by atoms with Gasteiger partial charge in [0.2, 0.25) is 5.91 Å². The maximum atomic E-state index is 12.2. The summed E-state index contributed by atoms with van der Waals surface area (Å²) in [6.45, 7) is 0. The molecular weight excluding hydrogens is 384 g/mol. The number of nitrogens with one attached hydrogen (secondary N) is 1. The highest BCUT2D eigenvalue weighted by atomic mass is 35.5. The largest absolute Gasteiger partial charge is 0.493 e. The lowest BCUT2D eigenvalue weighted by Crippen LogP contribution is -2.07. The fraction of sp³-hybridized carbons (Fsp3) is 0.100. The molecule has 0 saturated heterocycles. The third-order valence-electron chi connectivity index (χ3n) is 3.72. The van der Waals surface area contributed by atoms with Gasteiger partial charge < -0.3 is 9.47 Å². The fourth-order valence-electron chi connectivity index (χ4n) is 2.40. The van der Waals surface area contributed by atoms with Crippen LogP contribution in [0.3, 0.4) is 0 Å². The van der Waals surface area contributed by atoms with E-state index in [4.69, 9.17) is 21.1 Å². The molecule has 1 N–H and O–H groups in total. The van der Waals surface area contributed by atoms with Crippen molar-refractivity contribution < 1.29 is 14.3 Å². The van der Waals surface area contributed by atoms with Crippen LogP contribution in [0.5, 0.6) is 11.5 Å². The second-order valence-electron chi connectivity index (χ2n) is 5.45. The molecule has 0 aliphatic heterocycles. The van der Waals surface area contributed by atoms with Gasteiger partial charge in [0, 0.05) is 22.0 Å². The number of aromatic nitrogens is 1. The number of amides is 1. The van der Waals surface area contributed by atoms with Crippen molar-refractivity contribution in [2.45, 2.75) is 0 Å². The normalized spacial score (nSPS) is 10.8. The lowest BCUT2D eigenvalue weighted by Gasteiger charge is -2.07. The Labute approximate surface area is 166 Å². The maximum absolute atomic E-state index is 12.2.